The van der Waals surface area contributed by atoms with Crippen LogP contribution in [0, 0.1) is 0 Å². The van der Waals surface area contributed by atoms with E-state index in [9.17, 15) is 24.3 Å². The van der Waals surface area contributed by atoms with Gasteiger partial charge in [-0.15, -0.1) is 0 Å². The van der Waals surface area contributed by atoms with Crippen LogP contribution in [0.5, 0.6) is 0 Å². The monoisotopic (exact) mass is 309 g/mol. The molecule has 19 heavy (non-hydrogen) atoms. The van der Waals surface area contributed by atoms with Crippen molar-refractivity contribution in [2.75, 3.05) is 39.3 Å². The Hall–Kier alpha value is -0.921. The molecule has 6 heterocycles. The summed E-state index contributed by atoms with van der Waals surface area (Å²) in [5, 5.41) is 9.89. The summed E-state index contributed by atoms with van der Waals surface area (Å²) in [5.74, 6) is 0. The van der Waals surface area contributed by atoms with Crippen LogP contribution in [0.4, 0.5) is 0 Å². The summed E-state index contributed by atoms with van der Waals surface area (Å²) in [6, 6.07) is 0. The number of aliphatic hydroxyl groups excluding tert-OH is 1. The van der Waals surface area contributed by atoms with Crippen molar-refractivity contribution in [1.29, 1.82) is 0 Å². The van der Waals surface area contributed by atoms with Gasteiger partial charge in [0.25, 0.3) is 0 Å². The summed E-state index contributed by atoms with van der Waals surface area (Å²) in [4.78, 5) is 52.1. The first-order valence-electron chi connectivity index (χ1n) is 5.96. The number of hydrogen-bond donors (Lipinski definition) is 1. The van der Waals surface area contributed by atoms with Crippen molar-refractivity contribution in [2.24, 2.45) is 0 Å². The molecule has 0 aromatic rings. The van der Waals surface area contributed by atoms with E-state index in [1.165, 1.54) is 9.80 Å². The van der Waals surface area contributed by atoms with Gasteiger partial charge in [0.2, 0.25) is 0 Å². The molecule has 1 spiro atoms. The molecular formula is C11H14MnN2O5. The van der Waals surface area contributed by atoms with Gasteiger partial charge in [-0.05, 0) is 0 Å². The number of carbonyl (C=O) groups is 4. The zero-order valence-corrected chi connectivity index (χ0v) is 11.4. The van der Waals surface area contributed by atoms with E-state index >= 15 is 0 Å². The normalized spacial score (nSPS) is 46.3. The van der Waals surface area contributed by atoms with Crippen LogP contribution in [0.3, 0.4) is 0 Å². The van der Waals surface area contributed by atoms with Gasteiger partial charge in [-0.1, -0.05) is 0 Å². The minimum atomic E-state index is -3.81. The predicted octanol–water partition coefficient (Wildman–Crippen LogP) is -2.75. The third-order valence-electron chi connectivity index (χ3n) is 3.59. The third-order valence-corrected chi connectivity index (χ3v) is 8.29. The van der Waals surface area contributed by atoms with Crippen molar-refractivity contribution >= 4 is 18.7 Å². The maximum absolute atomic E-state index is 12.3. The first kappa shape index (κ1) is 13.1. The van der Waals surface area contributed by atoms with E-state index in [4.69, 9.17) is 0 Å². The Balaban J connectivity index is 2.12. The van der Waals surface area contributed by atoms with E-state index in [1.807, 2.05) is 0 Å². The van der Waals surface area contributed by atoms with Crippen LogP contribution in [0.25, 0.3) is 0 Å². The molecule has 0 radical (unpaired) electrons. The van der Waals surface area contributed by atoms with Gasteiger partial charge >= 0.3 is 111 Å². The van der Waals surface area contributed by atoms with Crippen LogP contribution in [0.15, 0.2) is 0 Å². The molecule has 6 fully saturated rings. The summed E-state index contributed by atoms with van der Waals surface area (Å²) in [5.41, 5.74) is 0. The van der Waals surface area contributed by atoms with Crippen molar-refractivity contribution in [1.82, 2.24) is 9.80 Å². The van der Waals surface area contributed by atoms with Crippen LogP contribution in [0.2, 0.25) is 0 Å². The van der Waals surface area contributed by atoms with E-state index in [0.717, 1.165) is 0 Å². The molecule has 6 aliphatic rings. The number of carbonyl (C=O) groups excluding carboxylic acids is 4. The minimum absolute atomic E-state index is 0.0622. The fourth-order valence-corrected chi connectivity index (χ4v) is 7.17. The van der Waals surface area contributed by atoms with Gasteiger partial charge in [0.1, 0.15) is 0 Å². The topological polar surface area (TPSA) is 95.0 Å². The van der Waals surface area contributed by atoms with Crippen LogP contribution in [-0.2, 0) is 32.0 Å². The van der Waals surface area contributed by atoms with E-state index in [0.29, 0.717) is 0 Å². The van der Waals surface area contributed by atoms with Gasteiger partial charge in [0, 0.05) is 0 Å². The number of nitrogens with zero attached hydrogens (tertiary/aromatic N) is 2. The summed E-state index contributed by atoms with van der Waals surface area (Å²) in [6.45, 7) is 0.198. The molecule has 1 N–H and O–H groups in total. The summed E-state index contributed by atoms with van der Waals surface area (Å²) < 4.78 is -1.97. The van der Waals surface area contributed by atoms with Gasteiger partial charge in [-0.25, -0.2) is 0 Å². The van der Waals surface area contributed by atoms with Crippen LogP contribution in [0.1, 0.15) is 0 Å². The molecule has 0 saturated carbocycles. The fourth-order valence-electron chi connectivity index (χ4n) is 2.79. The Morgan fingerprint density at radius 1 is 0.789 bits per heavy atom. The van der Waals surface area contributed by atoms with Crippen molar-refractivity contribution in [3.05, 3.63) is 0 Å². The number of hydrogen-bond acceptors (Lipinski definition) is 7. The fraction of sp³-hybridized carbons (Fsp3) is 0.636. The van der Waals surface area contributed by atoms with E-state index in [1.54, 1.807) is 0 Å². The van der Waals surface area contributed by atoms with Gasteiger partial charge < -0.3 is 0 Å². The standard InChI is InChI=1S/C11H14N2O5.Mn/c14-5-1-12(2-6-15)9-11(18)10-13(3-7-16)4-8-17;/h11,18H,1-4,9-10H2;. The predicted molar refractivity (Wildman–Crippen MR) is 58.9 cm³/mol. The second-order valence-corrected chi connectivity index (χ2v) is 9.38. The Morgan fingerprint density at radius 3 is 1.42 bits per heavy atom. The molecule has 3 bridgehead atoms. The Kier molecular flexibility index (Phi) is 2.95. The molecule has 0 aliphatic carbocycles. The molecule has 8 heteroatoms. The summed E-state index contributed by atoms with van der Waals surface area (Å²) in [7, 11) is 0. The Morgan fingerprint density at radius 2 is 1.11 bits per heavy atom. The van der Waals surface area contributed by atoms with E-state index in [-0.39, 0.29) is 39.3 Å². The van der Waals surface area contributed by atoms with Crippen LogP contribution in [-0.4, -0.2) is 79.0 Å². The SMILES string of the molecule is O=[C]1CN2C[C](=O)[Mn]13[C](=O)CN(C[C]3=O)CC(O)C2. The van der Waals surface area contributed by atoms with Gasteiger partial charge in [-0.2, -0.15) is 0 Å². The zero-order valence-electron chi connectivity index (χ0n) is 10.2. The molecule has 0 aromatic carbocycles. The average Bonchev–Trinajstić information content (AvgIpc) is 2.25. The average molecular weight is 309 g/mol. The second-order valence-electron chi connectivity index (χ2n) is 4.98. The van der Waals surface area contributed by atoms with Crippen molar-refractivity contribution < 1.29 is 37.1 Å². The van der Waals surface area contributed by atoms with Crippen LogP contribution >= 0.6 is 0 Å². The van der Waals surface area contributed by atoms with Crippen molar-refractivity contribution in [2.45, 2.75) is 6.10 Å². The van der Waals surface area contributed by atoms with E-state index < -0.39 is 37.7 Å². The number of rotatable bonds is 0. The first-order chi connectivity index (χ1) is 8.94. The first-order valence-corrected chi connectivity index (χ1v) is 8.32. The molecule has 0 atom stereocenters. The maximum atomic E-state index is 12.3. The molecule has 0 amide bonds. The number of aliphatic hydroxyl groups is 1. The van der Waals surface area contributed by atoms with Crippen molar-refractivity contribution in [3.63, 3.8) is 0 Å². The Labute approximate surface area is 111 Å². The summed E-state index contributed by atoms with van der Waals surface area (Å²) in [6.07, 6.45) is -0.772. The van der Waals surface area contributed by atoms with Gasteiger partial charge in [0.05, 0.1) is 0 Å². The summed E-state index contributed by atoms with van der Waals surface area (Å²) >= 11 is -3.81. The third kappa shape index (κ3) is 1.75. The molecule has 7 nitrogen and oxygen atoms in total. The molecule has 6 rings (SSSR count). The molecule has 6 aliphatic heterocycles. The van der Waals surface area contributed by atoms with E-state index in [2.05, 4.69) is 0 Å². The Bertz CT molecular complexity index is 422. The quantitative estimate of drug-likeness (QED) is 0.485. The zero-order chi connectivity index (χ0) is 13.8. The van der Waals surface area contributed by atoms with Crippen molar-refractivity contribution in [3.8, 4) is 0 Å². The molecular weight excluding hydrogens is 295 g/mol. The van der Waals surface area contributed by atoms with Gasteiger partial charge in [0.15, 0.2) is 0 Å². The molecule has 105 valence electrons. The molecule has 0 unspecified atom stereocenters. The van der Waals surface area contributed by atoms with Gasteiger partial charge in [-0.3, -0.25) is 0 Å². The second kappa shape index (κ2) is 4.29. The molecule has 0 aromatic heterocycles. The van der Waals surface area contributed by atoms with Crippen LogP contribution < -0.4 is 0 Å². The molecule has 6 saturated heterocycles.